The molecule has 8 heteroatoms. The van der Waals surface area contributed by atoms with Crippen molar-refractivity contribution in [2.45, 2.75) is 10.9 Å². The van der Waals surface area contributed by atoms with Crippen molar-refractivity contribution in [1.29, 1.82) is 0 Å². The van der Waals surface area contributed by atoms with Crippen molar-refractivity contribution >= 4 is 56.9 Å². The standard InChI is InChI=1S/C24H17Cl2N3O2S/c1-31-16-9-7-15(8-10-16)29-23(30)22-21(17-4-2-3-5-20(17)27-22)28-24(29)32-13-14-6-11-18(25)19(26)12-14/h2-12,27H,13H2,1H3. The van der Waals surface area contributed by atoms with Crippen LogP contribution in [-0.4, -0.2) is 21.6 Å². The summed E-state index contributed by atoms with van der Waals surface area (Å²) in [7, 11) is 1.61. The minimum Gasteiger partial charge on any atom is -0.497 e. The highest BCUT2D eigenvalue weighted by Crippen LogP contribution is 2.30. The fourth-order valence-corrected chi connectivity index (χ4v) is 4.84. The largest absolute Gasteiger partial charge is 0.497 e. The normalized spacial score (nSPS) is 11.3. The number of benzene rings is 3. The molecule has 0 aliphatic rings. The van der Waals surface area contributed by atoms with Gasteiger partial charge < -0.3 is 9.72 Å². The van der Waals surface area contributed by atoms with Crippen LogP contribution in [0.15, 0.2) is 76.7 Å². The van der Waals surface area contributed by atoms with Gasteiger partial charge in [-0.3, -0.25) is 9.36 Å². The summed E-state index contributed by atoms with van der Waals surface area (Å²) in [6.07, 6.45) is 0. The molecule has 0 radical (unpaired) electrons. The summed E-state index contributed by atoms with van der Waals surface area (Å²) in [5.41, 5.74) is 3.54. The van der Waals surface area contributed by atoms with Crippen LogP contribution in [0.5, 0.6) is 5.75 Å². The maximum absolute atomic E-state index is 13.6. The molecule has 0 saturated carbocycles. The van der Waals surface area contributed by atoms with Crippen LogP contribution in [0.1, 0.15) is 5.56 Å². The molecule has 0 unspecified atom stereocenters. The van der Waals surface area contributed by atoms with Gasteiger partial charge in [0.1, 0.15) is 16.8 Å². The molecule has 0 spiro atoms. The van der Waals surface area contributed by atoms with Gasteiger partial charge in [-0.05, 0) is 48.0 Å². The van der Waals surface area contributed by atoms with Gasteiger partial charge in [0.05, 0.1) is 22.8 Å². The highest BCUT2D eigenvalue weighted by atomic mass is 35.5. The van der Waals surface area contributed by atoms with Crippen LogP contribution in [0, 0.1) is 0 Å². The molecule has 0 bridgehead atoms. The highest BCUT2D eigenvalue weighted by Gasteiger charge is 2.17. The Morgan fingerprint density at radius 3 is 2.56 bits per heavy atom. The molecular formula is C24H17Cl2N3O2S. The van der Waals surface area contributed by atoms with Crippen molar-refractivity contribution in [3.05, 3.63) is 92.7 Å². The van der Waals surface area contributed by atoms with E-state index in [0.29, 0.717) is 43.4 Å². The molecule has 0 aliphatic carbocycles. The molecule has 160 valence electrons. The summed E-state index contributed by atoms with van der Waals surface area (Å²) in [5, 5.41) is 2.51. The zero-order valence-electron chi connectivity index (χ0n) is 16.9. The Labute approximate surface area is 198 Å². The number of aromatic amines is 1. The number of hydrogen-bond donors (Lipinski definition) is 1. The van der Waals surface area contributed by atoms with Crippen LogP contribution in [0.4, 0.5) is 0 Å². The molecule has 2 heterocycles. The molecule has 1 N–H and O–H groups in total. The van der Waals surface area contributed by atoms with Gasteiger partial charge in [0, 0.05) is 16.7 Å². The lowest BCUT2D eigenvalue weighted by molar-refractivity contribution is 0.414. The van der Waals surface area contributed by atoms with E-state index < -0.39 is 0 Å². The molecule has 0 saturated heterocycles. The van der Waals surface area contributed by atoms with Crippen LogP contribution >= 0.6 is 35.0 Å². The van der Waals surface area contributed by atoms with Gasteiger partial charge in [-0.2, -0.15) is 0 Å². The number of ether oxygens (including phenoxy) is 1. The third kappa shape index (κ3) is 3.75. The van der Waals surface area contributed by atoms with E-state index in [1.54, 1.807) is 17.7 Å². The number of halogens is 2. The summed E-state index contributed by atoms with van der Waals surface area (Å²) in [6.45, 7) is 0. The number of hydrogen-bond acceptors (Lipinski definition) is 4. The topological polar surface area (TPSA) is 59.9 Å². The zero-order valence-corrected chi connectivity index (χ0v) is 19.3. The molecule has 5 rings (SSSR count). The predicted octanol–water partition coefficient (Wildman–Crippen LogP) is 6.47. The number of rotatable bonds is 5. The van der Waals surface area contributed by atoms with Crippen molar-refractivity contribution < 1.29 is 4.74 Å². The molecule has 0 amide bonds. The maximum atomic E-state index is 13.6. The maximum Gasteiger partial charge on any atom is 0.283 e. The van der Waals surface area contributed by atoms with E-state index in [-0.39, 0.29) is 5.56 Å². The fourth-order valence-electron chi connectivity index (χ4n) is 3.58. The minimum absolute atomic E-state index is 0.159. The van der Waals surface area contributed by atoms with Crippen LogP contribution in [-0.2, 0) is 5.75 Å². The first kappa shape index (κ1) is 20.9. The van der Waals surface area contributed by atoms with Crippen LogP contribution in [0.3, 0.4) is 0 Å². The quantitative estimate of drug-likeness (QED) is 0.230. The summed E-state index contributed by atoms with van der Waals surface area (Å²) < 4.78 is 6.89. The van der Waals surface area contributed by atoms with Crippen molar-refractivity contribution in [3.63, 3.8) is 0 Å². The van der Waals surface area contributed by atoms with E-state index in [2.05, 4.69) is 4.98 Å². The number of methoxy groups -OCH3 is 1. The van der Waals surface area contributed by atoms with Gasteiger partial charge in [0.25, 0.3) is 5.56 Å². The Bertz CT molecular complexity index is 1510. The van der Waals surface area contributed by atoms with Crippen molar-refractivity contribution in [3.8, 4) is 11.4 Å². The van der Waals surface area contributed by atoms with Gasteiger partial charge in [0.2, 0.25) is 0 Å². The van der Waals surface area contributed by atoms with E-state index in [0.717, 1.165) is 16.5 Å². The average Bonchev–Trinajstić information content (AvgIpc) is 3.19. The van der Waals surface area contributed by atoms with Gasteiger partial charge in [-0.25, -0.2) is 4.98 Å². The van der Waals surface area contributed by atoms with Gasteiger partial charge in [-0.15, -0.1) is 0 Å². The molecule has 0 atom stereocenters. The first-order valence-electron chi connectivity index (χ1n) is 9.80. The van der Waals surface area contributed by atoms with Crippen LogP contribution < -0.4 is 10.3 Å². The van der Waals surface area contributed by atoms with E-state index in [4.69, 9.17) is 32.9 Å². The number of thioether (sulfide) groups is 1. The zero-order chi connectivity index (χ0) is 22.2. The molecular weight excluding hydrogens is 465 g/mol. The monoisotopic (exact) mass is 481 g/mol. The lowest BCUT2D eigenvalue weighted by Gasteiger charge is -2.13. The first-order chi connectivity index (χ1) is 15.5. The number of fused-ring (bicyclic) bond motifs is 3. The SMILES string of the molecule is COc1ccc(-n2c(SCc3ccc(Cl)c(Cl)c3)nc3c([nH]c4ccccc43)c2=O)cc1. The second-order valence-corrected chi connectivity index (χ2v) is 8.92. The predicted molar refractivity (Wildman–Crippen MR) is 132 cm³/mol. The second kappa shape index (κ2) is 8.54. The molecule has 5 nitrogen and oxygen atoms in total. The summed E-state index contributed by atoms with van der Waals surface area (Å²) >= 11 is 13.7. The summed E-state index contributed by atoms with van der Waals surface area (Å²) in [5.74, 6) is 1.29. The van der Waals surface area contributed by atoms with Crippen molar-refractivity contribution in [2.24, 2.45) is 0 Å². The van der Waals surface area contributed by atoms with E-state index >= 15 is 0 Å². The van der Waals surface area contributed by atoms with Gasteiger partial charge >= 0.3 is 0 Å². The van der Waals surface area contributed by atoms with E-state index in [1.165, 1.54) is 11.8 Å². The third-order valence-corrected chi connectivity index (χ3v) is 6.93. The van der Waals surface area contributed by atoms with E-state index in [1.807, 2.05) is 60.7 Å². The summed E-state index contributed by atoms with van der Waals surface area (Å²) in [6, 6.07) is 20.6. The van der Waals surface area contributed by atoms with Crippen molar-refractivity contribution in [1.82, 2.24) is 14.5 Å². The number of aromatic nitrogens is 3. The minimum atomic E-state index is -0.159. The lowest BCUT2D eigenvalue weighted by atomic mass is 10.2. The Morgan fingerprint density at radius 1 is 1.03 bits per heavy atom. The molecule has 3 aromatic carbocycles. The highest BCUT2D eigenvalue weighted by molar-refractivity contribution is 7.98. The third-order valence-electron chi connectivity index (χ3n) is 5.18. The van der Waals surface area contributed by atoms with Crippen LogP contribution in [0.2, 0.25) is 10.0 Å². The lowest BCUT2D eigenvalue weighted by Crippen LogP contribution is -2.21. The number of H-pyrrole nitrogens is 1. The number of nitrogens with one attached hydrogen (secondary N) is 1. The molecule has 2 aromatic heterocycles. The molecule has 32 heavy (non-hydrogen) atoms. The van der Waals surface area contributed by atoms with Gasteiger partial charge in [-0.1, -0.05) is 59.2 Å². The van der Waals surface area contributed by atoms with Crippen LogP contribution in [0.25, 0.3) is 27.6 Å². The average molecular weight is 482 g/mol. The number of nitrogens with zero attached hydrogens (tertiary/aromatic N) is 2. The Hall–Kier alpha value is -2.93. The van der Waals surface area contributed by atoms with E-state index in [9.17, 15) is 4.79 Å². The second-order valence-electron chi connectivity index (χ2n) is 7.16. The smallest absolute Gasteiger partial charge is 0.283 e. The summed E-state index contributed by atoms with van der Waals surface area (Å²) in [4.78, 5) is 21.7. The molecule has 0 aliphatic heterocycles. The Balaban J connectivity index is 1.67. The van der Waals surface area contributed by atoms with Crippen molar-refractivity contribution in [2.75, 3.05) is 7.11 Å². The number of para-hydroxylation sites is 1. The molecule has 5 aromatic rings. The fraction of sp³-hybridized carbons (Fsp3) is 0.0833. The Morgan fingerprint density at radius 2 is 1.81 bits per heavy atom. The first-order valence-corrected chi connectivity index (χ1v) is 11.5. The molecule has 0 fully saturated rings. The Kier molecular flexibility index (Phi) is 5.59. The van der Waals surface area contributed by atoms with Gasteiger partial charge in [0.15, 0.2) is 5.16 Å².